The molecule has 0 saturated heterocycles. The van der Waals surface area contributed by atoms with Crippen molar-refractivity contribution in [3.8, 4) is 0 Å². The molecule has 3 N–H and O–H groups in total. The van der Waals surface area contributed by atoms with Gasteiger partial charge in [-0.25, -0.2) is 12.8 Å². The summed E-state index contributed by atoms with van der Waals surface area (Å²) in [6.45, 7) is 1.64. The number of benzene rings is 3. The highest BCUT2D eigenvalue weighted by atomic mass is 32.2. The van der Waals surface area contributed by atoms with Crippen LogP contribution in [0, 0.1) is 12.7 Å². The van der Waals surface area contributed by atoms with Gasteiger partial charge in [-0.3, -0.25) is 4.79 Å². The summed E-state index contributed by atoms with van der Waals surface area (Å²) in [5.41, 5.74) is 2.39. The highest BCUT2D eigenvalue weighted by molar-refractivity contribution is 7.89. The molecular weight excluding hydrogens is 393 g/mol. The van der Waals surface area contributed by atoms with Gasteiger partial charge in [-0.05, 0) is 54.4 Å². The van der Waals surface area contributed by atoms with Gasteiger partial charge in [0.05, 0.1) is 5.69 Å². The first kappa shape index (κ1) is 19.1. The number of fused-ring (bicyclic) bond motifs is 1. The van der Waals surface area contributed by atoms with Crippen LogP contribution in [0.25, 0.3) is 0 Å². The molecule has 6 nitrogen and oxygen atoms in total. The molecule has 1 aliphatic heterocycles. The molecule has 1 heterocycles. The van der Waals surface area contributed by atoms with E-state index >= 15 is 0 Å². The lowest BCUT2D eigenvalue weighted by Gasteiger charge is -2.28. The minimum atomic E-state index is -3.64. The van der Waals surface area contributed by atoms with Crippen molar-refractivity contribution in [1.29, 1.82) is 0 Å². The van der Waals surface area contributed by atoms with E-state index in [0.29, 0.717) is 28.1 Å². The van der Waals surface area contributed by atoms with E-state index in [1.807, 2.05) is 0 Å². The van der Waals surface area contributed by atoms with E-state index in [2.05, 4.69) is 15.4 Å². The first-order chi connectivity index (χ1) is 13.8. The normalized spacial score (nSPS) is 17.1. The number of para-hydroxylation sites is 1. The van der Waals surface area contributed by atoms with Crippen LogP contribution in [-0.4, -0.2) is 14.3 Å². The number of carbonyl (C=O) groups excluding carboxylic acids is 1. The number of amides is 1. The molecule has 0 aliphatic carbocycles. The molecule has 0 saturated carbocycles. The number of nitrogens with one attached hydrogen (secondary N) is 3. The van der Waals surface area contributed by atoms with E-state index in [-0.39, 0.29) is 10.8 Å². The van der Waals surface area contributed by atoms with Gasteiger partial charge in [0, 0.05) is 11.3 Å². The summed E-state index contributed by atoms with van der Waals surface area (Å²) in [4.78, 5) is 12.6. The Hall–Kier alpha value is -3.23. The maximum absolute atomic E-state index is 13.6. The molecule has 3 aromatic carbocycles. The van der Waals surface area contributed by atoms with Gasteiger partial charge < -0.3 is 10.6 Å². The predicted molar refractivity (Wildman–Crippen MR) is 109 cm³/mol. The number of anilines is 2. The fraction of sp³-hybridized carbons (Fsp3) is 0.0952. The molecule has 148 valence electrons. The van der Waals surface area contributed by atoms with Crippen molar-refractivity contribution < 1.29 is 17.6 Å². The molecule has 4 rings (SSSR count). The van der Waals surface area contributed by atoms with Crippen LogP contribution in [0.2, 0.25) is 0 Å². The van der Waals surface area contributed by atoms with Gasteiger partial charge in [0.25, 0.3) is 5.91 Å². The average Bonchev–Trinajstić information content (AvgIpc) is 2.70. The fourth-order valence-corrected chi connectivity index (χ4v) is 4.38. The van der Waals surface area contributed by atoms with Gasteiger partial charge in [-0.1, -0.05) is 30.3 Å². The van der Waals surface area contributed by atoms with Gasteiger partial charge in [0.15, 0.2) is 0 Å². The third kappa shape index (κ3) is 3.85. The van der Waals surface area contributed by atoms with Crippen LogP contribution < -0.4 is 15.4 Å². The van der Waals surface area contributed by atoms with Crippen molar-refractivity contribution in [3.05, 3.63) is 89.2 Å². The molecule has 0 fully saturated rings. The highest BCUT2D eigenvalue weighted by Crippen LogP contribution is 2.30. The number of rotatable bonds is 3. The van der Waals surface area contributed by atoms with Crippen molar-refractivity contribution >= 4 is 27.3 Å². The SMILES string of the molecule is Cc1ccc(NC(=O)c2ccc([C@H]3Nc4ccccc4S(=O)(=O)N3)cc2)cc1F. The van der Waals surface area contributed by atoms with Gasteiger partial charge >= 0.3 is 0 Å². The summed E-state index contributed by atoms with van der Waals surface area (Å²) in [5.74, 6) is -0.781. The van der Waals surface area contributed by atoms with Gasteiger partial charge in [-0.15, -0.1) is 0 Å². The Morgan fingerprint density at radius 1 is 1.03 bits per heavy atom. The molecule has 0 unspecified atom stereocenters. The minimum Gasteiger partial charge on any atom is -0.364 e. The van der Waals surface area contributed by atoms with E-state index in [1.54, 1.807) is 61.5 Å². The summed E-state index contributed by atoms with van der Waals surface area (Å²) < 4.78 is 41.1. The first-order valence-corrected chi connectivity index (χ1v) is 10.4. The Kier molecular flexibility index (Phi) is 4.81. The third-order valence-corrected chi connectivity index (χ3v) is 6.17. The second-order valence-corrected chi connectivity index (χ2v) is 8.42. The van der Waals surface area contributed by atoms with Crippen LogP contribution >= 0.6 is 0 Å². The van der Waals surface area contributed by atoms with Crippen molar-refractivity contribution in [1.82, 2.24) is 4.72 Å². The van der Waals surface area contributed by atoms with Crippen molar-refractivity contribution in [2.75, 3.05) is 10.6 Å². The van der Waals surface area contributed by atoms with E-state index in [4.69, 9.17) is 0 Å². The summed E-state index contributed by atoms with van der Waals surface area (Å²) in [7, 11) is -3.64. The summed E-state index contributed by atoms with van der Waals surface area (Å²) in [6, 6.07) is 17.6. The lowest BCUT2D eigenvalue weighted by Crippen LogP contribution is -2.38. The Balaban J connectivity index is 1.52. The number of hydrogen-bond donors (Lipinski definition) is 3. The largest absolute Gasteiger partial charge is 0.364 e. The highest BCUT2D eigenvalue weighted by Gasteiger charge is 2.29. The second kappa shape index (κ2) is 7.31. The maximum atomic E-state index is 13.6. The Bertz CT molecular complexity index is 1190. The third-order valence-electron chi connectivity index (χ3n) is 4.69. The molecule has 0 bridgehead atoms. The molecule has 0 radical (unpaired) electrons. The van der Waals surface area contributed by atoms with Gasteiger partial charge in [0.2, 0.25) is 10.0 Å². The molecule has 3 aromatic rings. The Morgan fingerprint density at radius 2 is 1.76 bits per heavy atom. The standard InChI is InChI=1S/C21H18FN3O3S/c1-13-6-11-16(12-17(13)22)23-21(26)15-9-7-14(8-10-15)20-24-18-4-2-3-5-19(18)29(27,28)25-20/h2-12,20,24-25H,1H3,(H,23,26)/t20-/m0/s1. The molecule has 0 spiro atoms. The summed E-state index contributed by atoms with van der Waals surface area (Å²) in [6.07, 6.45) is -0.654. The van der Waals surface area contributed by atoms with Crippen LogP contribution in [-0.2, 0) is 10.0 Å². The number of hydrogen-bond acceptors (Lipinski definition) is 4. The van der Waals surface area contributed by atoms with Crippen LogP contribution in [0.4, 0.5) is 15.8 Å². The second-order valence-electron chi connectivity index (χ2n) is 6.73. The quantitative estimate of drug-likeness (QED) is 0.612. The lowest BCUT2D eigenvalue weighted by molar-refractivity contribution is 0.102. The van der Waals surface area contributed by atoms with Crippen molar-refractivity contribution in [3.63, 3.8) is 0 Å². The van der Waals surface area contributed by atoms with E-state index in [0.717, 1.165) is 0 Å². The Labute approximate surface area is 167 Å². The van der Waals surface area contributed by atoms with Crippen molar-refractivity contribution in [2.45, 2.75) is 18.0 Å². The van der Waals surface area contributed by atoms with Crippen molar-refractivity contribution in [2.24, 2.45) is 0 Å². The molecule has 29 heavy (non-hydrogen) atoms. The van der Waals surface area contributed by atoms with Crippen LogP contribution in [0.5, 0.6) is 0 Å². The molecule has 1 atom stereocenters. The zero-order chi connectivity index (χ0) is 20.6. The van der Waals surface area contributed by atoms with E-state index < -0.39 is 22.0 Å². The maximum Gasteiger partial charge on any atom is 0.255 e. The first-order valence-electron chi connectivity index (χ1n) is 8.89. The van der Waals surface area contributed by atoms with E-state index in [9.17, 15) is 17.6 Å². The monoisotopic (exact) mass is 411 g/mol. The van der Waals surface area contributed by atoms with E-state index in [1.165, 1.54) is 12.1 Å². The molecular formula is C21H18FN3O3S. The zero-order valence-electron chi connectivity index (χ0n) is 15.4. The molecule has 1 aliphatic rings. The molecule has 8 heteroatoms. The minimum absolute atomic E-state index is 0.192. The van der Waals surface area contributed by atoms with Gasteiger partial charge in [-0.2, -0.15) is 4.72 Å². The summed E-state index contributed by atoms with van der Waals surface area (Å²) >= 11 is 0. The van der Waals surface area contributed by atoms with Gasteiger partial charge in [0.1, 0.15) is 16.9 Å². The number of sulfonamides is 1. The van der Waals surface area contributed by atoms with Crippen LogP contribution in [0.1, 0.15) is 27.7 Å². The topological polar surface area (TPSA) is 87.3 Å². The smallest absolute Gasteiger partial charge is 0.255 e. The molecule has 1 amide bonds. The Morgan fingerprint density at radius 3 is 2.48 bits per heavy atom. The predicted octanol–water partition coefficient (Wildman–Crippen LogP) is 3.79. The van der Waals surface area contributed by atoms with Crippen LogP contribution in [0.15, 0.2) is 71.6 Å². The number of halogens is 1. The lowest BCUT2D eigenvalue weighted by atomic mass is 10.1. The zero-order valence-corrected chi connectivity index (χ0v) is 16.3. The fourth-order valence-electron chi connectivity index (χ4n) is 3.08. The number of carbonyl (C=O) groups is 1. The summed E-state index contributed by atoms with van der Waals surface area (Å²) in [5, 5.41) is 5.78. The average molecular weight is 411 g/mol. The van der Waals surface area contributed by atoms with Crippen LogP contribution in [0.3, 0.4) is 0 Å². The molecule has 0 aromatic heterocycles. The number of aryl methyl sites for hydroxylation is 1.